The van der Waals surface area contributed by atoms with E-state index in [0.717, 1.165) is 22.6 Å². The molecule has 1 N–H and O–H groups in total. The largest absolute Gasteiger partial charge is 0.497 e. The molecule has 19 heavy (non-hydrogen) atoms. The summed E-state index contributed by atoms with van der Waals surface area (Å²) in [6.07, 6.45) is 0. The van der Waals surface area contributed by atoms with Crippen LogP contribution in [0.2, 0.25) is 0 Å². The zero-order valence-corrected chi connectivity index (χ0v) is 11.9. The number of methoxy groups -OCH3 is 1. The number of alkyl halides is 1. The minimum atomic E-state index is -0.533. The first-order valence-electron chi connectivity index (χ1n) is 5.93. The highest BCUT2D eigenvalue weighted by Gasteiger charge is 2.16. The first-order chi connectivity index (χ1) is 9.01. The van der Waals surface area contributed by atoms with E-state index in [1.807, 2.05) is 18.2 Å². The average Bonchev–Trinajstić information content (AvgIpc) is 2.78. The van der Waals surface area contributed by atoms with E-state index < -0.39 is 5.38 Å². The molecule has 1 aromatic carbocycles. The van der Waals surface area contributed by atoms with Crippen molar-refractivity contribution < 1.29 is 9.53 Å². The van der Waals surface area contributed by atoms with E-state index >= 15 is 0 Å². The predicted molar refractivity (Wildman–Crippen MR) is 74.4 cm³/mol. The molecule has 5 nitrogen and oxygen atoms in total. The highest BCUT2D eigenvalue weighted by atomic mass is 35.5. The summed E-state index contributed by atoms with van der Waals surface area (Å²) in [6.45, 7) is 2.05. The lowest BCUT2D eigenvalue weighted by atomic mass is 10.3. The molecule has 0 bridgehead atoms. The standard InChI is InChI=1S/C13H16ClN3O2/c1-8(14)13(18)17(2)7-12-15-10-5-4-9(19-3)6-11(10)16-12/h4-6,8H,7H2,1-3H3,(H,15,16). The van der Waals surface area contributed by atoms with Crippen molar-refractivity contribution in [1.29, 1.82) is 0 Å². The Balaban J connectivity index is 2.19. The van der Waals surface area contributed by atoms with Crippen LogP contribution in [0.3, 0.4) is 0 Å². The number of halogens is 1. The number of amides is 1. The minimum absolute atomic E-state index is 0.125. The van der Waals surface area contributed by atoms with Crippen molar-refractivity contribution in [3.63, 3.8) is 0 Å². The van der Waals surface area contributed by atoms with Gasteiger partial charge in [0.05, 0.1) is 24.7 Å². The lowest BCUT2D eigenvalue weighted by Gasteiger charge is -2.16. The number of H-pyrrole nitrogens is 1. The number of benzene rings is 1. The molecule has 102 valence electrons. The summed E-state index contributed by atoms with van der Waals surface area (Å²) in [7, 11) is 3.32. The van der Waals surface area contributed by atoms with Crippen LogP contribution in [0.4, 0.5) is 0 Å². The van der Waals surface area contributed by atoms with Crippen molar-refractivity contribution in [3.8, 4) is 5.75 Å². The second kappa shape index (κ2) is 5.48. The quantitative estimate of drug-likeness (QED) is 0.874. The average molecular weight is 282 g/mol. The van der Waals surface area contributed by atoms with Gasteiger partial charge in [-0.3, -0.25) is 4.79 Å². The van der Waals surface area contributed by atoms with Crippen LogP contribution < -0.4 is 4.74 Å². The molecule has 1 atom stereocenters. The molecule has 2 aromatic rings. The Morgan fingerprint density at radius 3 is 2.95 bits per heavy atom. The summed E-state index contributed by atoms with van der Waals surface area (Å²) >= 11 is 5.77. The van der Waals surface area contributed by atoms with E-state index in [9.17, 15) is 4.79 Å². The SMILES string of the molecule is COc1ccc2nc(CN(C)C(=O)C(C)Cl)[nH]c2c1. The molecule has 2 rings (SSSR count). The highest BCUT2D eigenvalue weighted by molar-refractivity contribution is 6.30. The summed E-state index contributed by atoms with van der Waals surface area (Å²) in [4.78, 5) is 20.8. The van der Waals surface area contributed by atoms with Gasteiger partial charge in [0.1, 0.15) is 17.0 Å². The third-order valence-electron chi connectivity index (χ3n) is 2.84. The van der Waals surface area contributed by atoms with Crippen LogP contribution in [0.25, 0.3) is 11.0 Å². The van der Waals surface area contributed by atoms with Crippen molar-refractivity contribution in [2.45, 2.75) is 18.8 Å². The molecule has 0 aliphatic rings. The van der Waals surface area contributed by atoms with Crippen molar-refractivity contribution >= 4 is 28.5 Å². The Kier molecular flexibility index (Phi) is 3.95. The molecule has 1 aromatic heterocycles. The Labute approximate surface area is 116 Å². The van der Waals surface area contributed by atoms with E-state index in [0.29, 0.717) is 6.54 Å². The monoisotopic (exact) mass is 281 g/mol. The van der Waals surface area contributed by atoms with Crippen LogP contribution in [-0.4, -0.2) is 40.3 Å². The lowest BCUT2D eigenvalue weighted by molar-refractivity contribution is -0.129. The molecule has 1 heterocycles. The molecule has 0 saturated carbocycles. The number of carbonyl (C=O) groups is 1. The molecular weight excluding hydrogens is 266 g/mol. The summed E-state index contributed by atoms with van der Waals surface area (Å²) in [6, 6.07) is 5.60. The van der Waals surface area contributed by atoms with E-state index in [1.165, 1.54) is 0 Å². The summed E-state index contributed by atoms with van der Waals surface area (Å²) in [5, 5.41) is -0.533. The van der Waals surface area contributed by atoms with Gasteiger partial charge in [0.25, 0.3) is 0 Å². The lowest BCUT2D eigenvalue weighted by Crippen LogP contribution is -2.31. The molecule has 6 heteroatoms. The number of carbonyl (C=O) groups excluding carboxylic acids is 1. The van der Waals surface area contributed by atoms with Crippen molar-refractivity contribution in [1.82, 2.24) is 14.9 Å². The Morgan fingerprint density at radius 1 is 1.58 bits per heavy atom. The van der Waals surface area contributed by atoms with Crippen LogP contribution in [0.1, 0.15) is 12.7 Å². The molecule has 0 fully saturated rings. The smallest absolute Gasteiger partial charge is 0.240 e. The van der Waals surface area contributed by atoms with E-state index in [2.05, 4.69) is 9.97 Å². The predicted octanol–water partition coefficient (Wildman–Crippen LogP) is 2.16. The second-order valence-electron chi connectivity index (χ2n) is 4.38. The fourth-order valence-corrected chi connectivity index (χ4v) is 2.02. The van der Waals surface area contributed by atoms with Crippen LogP contribution in [0, 0.1) is 0 Å². The number of hydrogen-bond donors (Lipinski definition) is 1. The van der Waals surface area contributed by atoms with Gasteiger partial charge in [-0.2, -0.15) is 0 Å². The zero-order valence-electron chi connectivity index (χ0n) is 11.1. The Morgan fingerprint density at radius 2 is 2.32 bits per heavy atom. The van der Waals surface area contributed by atoms with Crippen molar-refractivity contribution in [2.24, 2.45) is 0 Å². The molecule has 0 aliphatic carbocycles. The summed E-state index contributed by atoms with van der Waals surface area (Å²) < 4.78 is 5.15. The number of rotatable bonds is 4. The zero-order chi connectivity index (χ0) is 14.0. The number of nitrogens with one attached hydrogen (secondary N) is 1. The van der Waals surface area contributed by atoms with Gasteiger partial charge < -0.3 is 14.6 Å². The summed E-state index contributed by atoms with van der Waals surface area (Å²) in [5.74, 6) is 1.36. The van der Waals surface area contributed by atoms with Crippen LogP contribution in [0.5, 0.6) is 5.75 Å². The van der Waals surface area contributed by atoms with Gasteiger partial charge in [-0.05, 0) is 19.1 Å². The topological polar surface area (TPSA) is 58.2 Å². The van der Waals surface area contributed by atoms with Gasteiger partial charge in [-0.1, -0.05) is 0 Å². The Bertz CT molecular complexity index is 595. The maximum Gasteiger partial charge on any atom is 0.240 e. The first kappa shape index (κ1) is 13.7. The number of hydrogen-bond acceptors (Lipinski definition) is 3. The van der Waals surface area contributed by atoms with Gasteiger partial charge in [0, 0.05) is 13.1 Å². The van der Waals surface area contributed by atoms with Gasteiger partial charge in [0.15, 0.2) is 0 Å². The molecule has 0 spiro atoms. The van der Waals surface area contributed by atoms with Gasteiger partial charge >= 0.3 is 0 Å². The van der Waals surface area contributed by atoms with Crippen molar-refractivity contribution in [3.05, 3.63) is 24.0 Å². The fourth-order valence-electron chi connectivity index (χ4n) is 1.85. The third kappa shape index (κ3) is 2.98. The molecular formula is C13H16ClN3O2. The second-order valence-corrected chi connectivity index (χ2v) is 5.03. The van der Waals surface area contributed by atoms with E-state index in [4.69, 9.17) is 16.3 Å². The fraction of sp³-hybridized carbons (Fsp3) is 0.385. The first-order valence-corrected chi connectivity index (χ1v) is 6.36. The number of ether oxygens (including phenoxy) is 1. The molecule has 0 saturated heterocycles. The maximum absolute atomic E-state index is 11.7. The van der Waals surface area contributed by atoms with Crippen LogP contribution in [0.15, 0.2) is 18.2 Å². The Hall–Kier alpha value is -1.75. The van der Waals surface area contributed by atoms with Gasteiger partial charge in [0.2, 0.25) is 5.91 Å². The normalized spacial score (nSPS) is 12.4. The third-order valence-corrected chi connectivity index (χ3v) is 3.03. The molecule has 1 unspecified atom stereocenters. The minimum Gasteiger partial charge on any atom is -0.497 e. The van der Waals surface area contributed by atoms with Gasteiger partial charge in [-0.15, -0.1) is 11.6 Å². The van der Waals surface area contributed by atoms with Crippen molar-refractivity contribution in [2.75, 3.05) is 14.2 Å². The molecule has 0 aliphatic heterocycles. The number of nitrogens with zero attached hydrogens (tertiary/aromatic N) is 2. The van der Waals surface area contributed by atoms with Crippen LogP contribution in [-0.2, 0) is 11.3 Å². The molecule has 0 radical (unpaired) electrons. The van der Waals surface area contributed by atoms with E-state index in [1.54, 1.807) is 26.0 Å². The van der Waals surface area contributed by atoms with Crippen LogP contribution >= 0.6 is 11.6 Å². The number of imidazole rings is 1. The number of fused-ring (bicyclic) bond motifs is 1. The maximum atomic E-state index is 11.7. The molecule has 1 amide bonds. The number of aromatic amines is 1. The number of aromatic nitrogens is 2. The van der Waals surface area contributed by atoms with Gasteiger partial charge in [-0.25, -0.2) is 4.98 Å². The highest BCUT2D eigenvalue weighted by Crippen LogP contribution is 2.19. The summed E-state index contributed by atoms with van der Waals surface area (Å²) in [5.41, 5.74) is 1.73. The van der Waals surface area contributed by atoms with E-state index in [-0.39, 0.29) is 5.91 Å².